The molecule has 2 rings (SSSR count). The molecule has 0 heterocycles. The molecule has 0 aromatic heterocycles. The van der Waals surface area contributed by atoms with Crippen molar-refractivity contribution in [3.05, 3.63) is 34.3 Å². The monoisotopic (exact) mass is 263 g/mol. The number of nitrogens with zero attached hydrogens (tertiary/aromatic N) is 1. The normalized spacial score (nSPS) is 17.8. The highest BCUT2D eigenvalue weighted by Gasteiger charge is 2.37. The van der Waals surface area contributed by atoms with E-state index < -0.39 is 0 Å². The molecule has 1 fully saturated rings. The van der Waals surface area contributed by atoms with Gasteiger partial charge in [-0.25, -0.2) is 4.79 Å². The third kappa shape index (κ3) is 2.36. The van der Waals surface area contributed by atoms with Gasteiger partial charge in [0, 0.05) is 5.02 Å². The van der Waals surface area contributed by atoms with Crippen LogP contribution in [0.1, 0.15) is 56.6 Å². The second-order valence-electron chi connectivity index (χ2n) is 5.33. The SMILES string of the molecule is CC(C)c1ccc(Cl)cc1C1(N=C=O)CCCC1. The first-order valence-corrected chi connectivity index (χ1v) is 6.86. The minimum absolute atomic E-state index is 0.383. The summed E-state index contributed by atoms with van der Waals surface area (Å²) in [5, 5.41) is 0.710. The van der Waals surface area contributed by atoms with Crippen molar-refractivity contribution in [3.8, 4) is 0 Å². The lowest BCUT2D eigenvalue weighted by molar-refractivity contribution is 0.450. The lowest BCUT2D eigenvalue weighted by Gasteiger charge is -2.27. The van der Waals surface area contributed by atoms with Crippen molar-refractivity contribution in [2.75, 3.05) is 0 Å². The predicted molar refractivity (Wildman–Crippen MR) is 73.8 cm³/mol. The summed E-state index contributed by atoms with van der Waals surface area (Å²) >= 11 is 6.12. The van der Waals surface area contributed by atoms with Crippen LogP contribution in [0.5, 0.6) is 0 Å². The number of halogens is 1. The van der Waals surface area contributed by atoms with Gasteiger partial charge in [0.2, 0.25) is 6.08 Å². The van der Waals surface area contributed by atoms with Crippen LogP contribution in [-0.4, -0.2) is 6.08 Å². The zero-order valence-corrected chi connectivity index (χ0v) is 11.6. The Labute approximate surface area is 113 Å². The van der Waals surface area contributed by atoms with Gasteiger partial charge in [0.25, 0.3) is 0 Å². The van der Waals surface area contributed by atoms with Gasteiger partial charge in [-0.2, -0.15) is 4.99 Å². The molecule has 0 atom stereocenters. The fourth-order valence-electron chi connectivity index (χ4n) is 2.92. The quantitative estimate of drug-likeness (QED) is 0.580. The molecule has 0 radical (unpaired) electrons. The summed E-state index contributed by atoms with van der Waals surface area (Å²) < 4.78 is 0. The summed E-state index contributed by atoms with van der Waals surface area (Å²) in [6.07, 6.45) is 5.82. The lowest BCUT2D eigenvalue weighted by atomic mass is 9.82. The summed E-state index contributed by atoms with van der Waals surface area (Å²) in [6.45, 7) is 4.31. The van der Waals surface area contributed by atoms with Crippen molar-refractivity contribution in [3.63, 3.8) is 0 Å². The Morgan fingerprint density at radius 1 is 1.33 bits per heavy atom. The molecule has 0 aliphatic heterocycles. The average Bonchev–Trinajstić information content (AvgIpc) is 2.79. The summed E-state index contributed by atoms with van der Waals surface area (Å²) in [5.74, 6) is 0.400. The molecule has 0 unspecified atom stereocenters. The molecule has 1 saturated carbocycles. The molecule has 1 aromatic carbocycles. The standard InChI is InChI=1S/C15H18ClNO/c1-11(2)13-6-5-12(16)9-14(13)15(17-10-18)7-3-4-8-15/h5-6,9,11H,3-4,7-8H2,1-2H3. The van der Waals surface area contributed by atoms with E-state index in [-0.39, 0.29) is 5.54 Å². The second-order valence-corrected chi connectivity index (χ2v) is 5.76. The smallest absolute Gasteiger partial charge is 0.211 e. The summed E-state index contributed by atoms with van der Waals surface area (Å²) in [7, 11) is 0. The number of hydrogen-bond donors (Lipinski definition) is 0. The molecule has 0 bridgehead atoms. The van der Waals surface area contributed by atoms with E-state index in [9.17, 15) is 4.79 Å². The molecule has 1 aliphatic carbocycles. The maximum Gasteiger partial charge on any atom is 0.235 e. The van der Waals surface area contributed by atoms with Crippen molar-refractivity contribution in [1.82, 2.24) is 0 Å². The minimum Gasteiger partial charge on any atom is -0.211 e. The zero-order valence-electron chi connectivity index (χ0n) is 10.9. The summed E-state index contributed by atoms with van der Waals surface area (Å²) in [5.41, 5.74) is 1.97. The van der Waals surface area contributed by atoms with E-state index in [1.54, 1.807) is 6.08 Å². The van der Waals surface area contributed by atoms with Crippen molar-refractivity contribution >= 4 is 17.7 Å². The van der Waals surface area contributed by atoms with Gasteiger partial charge in [0.15, 0.2) is 0 Å². The third-order valence-electron chi connectivity index (χ3n) is 3.83. The maximum absolute atomic E-state index is 10.8. The molecule has 0 N–H and O–H groups in total. The molecule has 0 saturated heterocycles. The van der Waals surface area contributed by atoms with E-state index in [0.29, 0.717) is 10.9 Å². The fraction of sp³-hybridized carbons (Fsp3) is 0.533. The Bertz CT molecular complexity index is 483. The summed E-state index contributed by atoms with van der Waals surface area (Å²) in [6, 6.07) is 5.94. The van der Waals surface area contributed by atoms with Crippen LogP contribution < -0.4 is 0 Å². The Kier molecular flexibility index (Phi) is 3.89. The first-order valence-electron chi connectivity index (χ1n) is 6.48. The van der Waals surface area contributed by atoms with E-state index >= 15 is 0 Å². The molecular weight excluding hydrogens is 246 g/mol. The van der Waals surface area contributed by atoms with Crippen LogP contribution in [0.4, 0.5) is 0 Å². The summed E-state index contributed by atoms with van der Waals surface area (Å²) in [4.78, 5) is 14.9. The molecule has 96 valence electrons. The van der Waals surface area contributed by atoms with Crippen LogP contribution in [0, 0.1) is 0 Å². The molecule has 0 amide bonds. The number of isocyanates is 1. The van der Waals surface area contributed by atoms with Crippen LogP contribution in [0.3, 0.4) is 0 Å². The number of aliphatic imine (C=N–C) groups is 1. The average molecular weight is 264 g/mol. The van der Waals surface area contributed by atoms with E-state index in [0.717, 1.165) is 31.2 Å². The molecule has 3 heteroatoms. The molecule has 18 heavy (non-hydrogen) atoms. The first kappa shape index (κ1) is 13.3. The van der Waals surface area contributed by atoms with E-state index in [4.69, 9.17) is 11.6 Å². The largest absolute Gasteiger partial charge is 0.235 e. The number of carbonyl (C=O) groups excluding carboxylic acids is 1. The van der Waals surface area contributed by atoms with E-state index in [1.165, 1.54) is 5.56 Å². The highest BCUT2D eigenvalue weighted by atomic mass is 35.5. The van der Waals surface area contributed by atoms with Gasteiger partial charge in [-0.15, -0.1) is 0 Å². The van der Waals surface area contributed by atoms with Crippen molar-refractivity contribution < 1.29 is 4.79 Å². The van der Waals surface area contributed by atoms with Gasteiger partial charge >= 0.3 is 0 Å². The lowest BCUT2D eigenvalue weighted by Crippen LogP contribution is -2.21. The maximum atomic E-state index is 10.8. The fourth-order valence-corrected chi connectivity index (χ4v) is 3.10. The molecule has 1 aromatic rings. The predicted octanol–water partition coefficient (Wildman–Crippen LogP) is 4.57. The van der Waals surface area contributed by atoms with Gasteiger partial charge in [0.05, 0.1) is 5.54 Å². The van der Waals surface area contributed by atoms with Gasteiger partial charge < -0.3 is 0 Å². The third-order valence-corrected chi connectivity index (χ3v) is 4.06. The highest BCUT2D eigenvalue weighted by Crippen LogP contribution is 2.45. The van der Waals surface area contributed by atoms with Crippen molar-refractivity contribution in [2.45, 2.75) is 51.0 Å². The Morgan fingerprint density at radius 2 is 2.00 bits per heavy atom. The minimum atomic E-state index is -0.383. The van der Waals surface area contributed by atoms with Crippen LogP contribution in [0.15, 0.2) is 23.2 Å². The Balaban J connectivity index is 2.59. The molecular formula is C15H18ClNO. The zero-order chi connectivity index (χ0) is 13.2. The van der Waals surface area contributed by atoms with Gasteiger partial charge in [-0.3, -0.25) is 0 Å². The first-order chi connectivity index (χ1) is 8.59. The number of hydrogen-bond acceptors (Lipinski definition) is 2. The van der Waals surface area contributed by atoms with Crippen LogP contribution in [-0.2, 0) is 10.3 Å². The Hall–Kier alpha value is -1.11. The number of benzene rings is 1. The molecule has 1 aliphatic rings. The van der Waals surface area contributed by atoms with E-state index in [1.807, 2.05) is 12.1 Å². The van der Waals surface area contributed by atoms with Gasteiger partial charge in [-0.1, -0.05) is 44.4 Å². The Morgan fingerprint density at radius 3 is 2.56 bits per heavy atom. The highest BCUT2D eigenvalue weighted by molar-refractivity contribution is 6.30. The number of rotatable bonds is 3. The van der Waals surface area contributed by atoms with Crippen molar-refractivity contribution in [2.24, 2.45) is 4.99 Å². The second kappa shape index (κ2) is 5.26. The topological polar surface area (TPSA) is 29.4 Å². The molecule has 0 spiro atoms. The van der Waals surface area contributed by atoms with E-state index in [2.05, 4.69) is 24.9 Å². The van der Waals surface area contributed by atoms with Crippen molar-refractivity contribution in [1.29, 1.82) is 0 Å². The molecule has 2 nitrogen and oxygen atoms in total. The van der Waals surface area contributed by atoms with Crippen LogP contribution in [0.2, 0.25) is 5.02 Å². The van der Waals surface area contributed by atoms with Crippen LogP contribution in [0.25, 0.3) is 0 Å². The van der Waals surface area contributed by atoms with Gasteiger partial charge in [0.1, 0.15) is 0 Å². The van der Waals surface area contributed by atoms with Crippen LogP contribution >= 0.6 is 11.6 Å². The van der Waals surface area contributed by atoms with Gasteiger partial charge in [-0.05, 0) is 42.0 Å².